The molecule has 0 saturated carbocycles. The van der Waals surface area contributed by atoms with Crippen LogP contribution in [0.3, 0.4) is 0 Å². The van der Waals surface area contributed by atoms with E-state index < -0.39 is 11.4 Å². The van der Waals surface area contributed by atoms with Crippen molar-refractivity contribution in [1.29, 1.82) is 0 Å². The smallest absolute Gasteiger partial charge is 0.335 e. The van der Waals surface area contributed by atoms with Gasteiger partial charge < -0.3 is 20.9 Å². The molecule has 0 bridgehead atoms. The Morgan fingerprint density at radius 2 is 2.05 bits per heavy atom. The van der Waals surface area contributed by atoms with Gasteiger partial charge in [0.1, 0.15) is 0 Å². The van der Waals surface area contributed by atoms with Crippen LogP contribution in [0.15, 0.2) is 24.3 Å². The number of amides is 1. The zero-order valence-corrected chi connectivity index (χ0v) is 11.8. The molecule has 2 rings (SSSR count). The monoisotopic (exact) mass is 292 g/mol. The van der Waals surface area contributed by atoms with Gasteiger partial charge in [0, 0.05) is 26.3 Å². The summed E-state index contributed by atoms with van der Waals surface area (Å²) in [6.07, 6.45) is 1.23. The lowest BCUT2D eigenvalue weighted by Crippen LogP contribution is -2.48. The van der Waals surface area contributed by atoms with E-state index in [0.29, 0.717) is 32.6 Å². The maximum Gasteiger partial charge on any atom is 0.335 e. The molecular formula is C15H20N2O4. The van der Waals surface area contributed by atoms with Gasteiger partial charge in [-0.15, -0.1) is 0 Å². The van der Waals surface area contributed by atoms with Gasteiger partial charge in [-0.05, 0) is 30.5 Å². The fourth-order valence-electron chi connectivity index (χ4n) is 2.47. The van der Waals surface area contributed by atoms with Crippen LogP contribution in [-0.4, -0.2) is 36.7 Å². The molecule has 21 heavy (non-hydrogen) atoms. The molecule has 1 heterocycles. The average Bonchev–Trinajstić information content (AvgIpc) is 2.53. The van der Waals surface area contributed by atoms with Crippen molar-refractivity contribution in [3.8, 4) is 0 Å². The minimum atomic E-state index is -0.981. The summed E-state index contributed by atoms with van der Waals surface area (Å²) >= 11 is 0. The van der Waals surface area contributed by atoms with Gasteiger partial charge in [0.2, 0.25) is 5.91 Å². The molecule has 0 spiro atoms. The Hall–Kier alpha value is -1.92. The number of nitrogens with two attached hydrogens (primary N) is 1. The van der Waals surface area contributed by atoms with Crippen molar-refractivity contribution in [2.75, 3.05) is 19.8 Å². The summed E-state index contributed by atoms with van der Waals surface area (Å²) in [5.41, 5.74) is 6.17. The van der Waals surface area contributed by atoms with E-state index in [4.69, 9.17) is 15.6 Å². The third kappa shape index (κ3) is 3.59. The van der Waals surface area contributed by atoms with E-state index >= 15 is 0 Å². The molecule has 0 unspecified atom stereocenters. The number of benzene rings is 1. The molecule has 1 aliphatic heterocycles. The lowest BCUT2D eigenvalue weighted by atomic mass is 9.79. The third-order valence-corrected chi connectivity index (χ3v) is 3.95. The maximum atomic E-state index is 12.4. The summed E-state index contributed by atoms with van der Waals surface area (Å²) in [6, 6.07) is 6.53. The quantitative estimate of drug-likeness (QED) is 0.743. The number of carbonyl (C=O) groups is 2. The van der Waals surface area contributed by atoms with E-state index in [1.807, 2.05) is 0 Å². The summed E-state index contributed by atoms with van der Waals surface area (Å²) in [7, 11) is 0. The molecule has 1 fully saturated rings. The molecule has 0 radical (unpaired) electrons. The van der Waals surface area contributed by atoms with Crippen LogP contribution in [0.25, 0.3) is 0 Å². The zero-order valence-electron chi connectivity index (χ0n) is 11.8. The van der Waals surface area contributed by atoms with Gasteiger partial charge >= 0.3 is 5.97 Å². The van der Waals surface area contributed by atoms with Crippen molar-refractivity contribution in [3.63, 3.8) is 0 Å². The first-order valence-electron chi connectivity index (χ1n) is 6.96. The molecule has 1 aromatic rings. The number of rotatable bonds is 5. The topological polar surface area (TPSA) is 102 Å². The predicted octanol–water partition coefficient (Wildman–Crippen LogP) is 0.756. The van der Waals surface area contributed by atoms with Crippen LogP contribution in [-0.2, 0) is 16.1 Å². The molecule has 0 aromatic heterocycles. The van der Waals surface area contributed by atoms with Crippen molar-refractivity contribution in [2.24, 2.45) is 11.1 Å². The Kier molecular flexibility index (Phi) is 4.93. The zero-order chi connectivity index (χ0) is 15.3. The Labute approximate surface area is 123 Å². The highest BCUT2D eigenvalue weighted by molar-refractivity contribution is 5.87. The van der Waals surface area contributed by atoms with E-state index in [0.717, 1.165) is 5.56 Å². The van der Waals surface area contributed by atoms with Crippen LogP contribution in [0.4, 0.5) is 0 Å². The van der Waals surface area contributed by atoms with Crippen LogP contribution in [0, 0.1) is 5.41 Å². The lowest BCUT2D eigenvalue weighted by Gasteiger charge is -2.34. The first-order chi connectivity index (χ1) is 10.1. The number of carbonyl (C=O) groups excluding carboxylic acids is 1. The van der Waals surface area contributed by atoms with Crippen molar-refractivity contribution in [1.82, 2.24) is 5.32 Å². The minimum Gasteiger partial charge on any atom is -0.478 e. The molecule has 0 aliphatic carbocycles. The van der Waals surface area contributed by atoms with E-state index in [1.165, 1.54) is 6.07 Å². The third-order valence-electron chi connectivity index (χ3n) is 3.95. The summed E-state index contributed by atoms with van der Waals surface area (Å²) in [6.45, 7) is 1.66. The normalized spacial score (nSPS) is 17.2. The molecule has 1 amide bonds. The lowest BCUT2D eigenvalue weighted by molar-refractivity contribution is -0.136. The summed E-state index contributed by atoms with van der Waals surface area (Å²) in [5, 5.41) is 11.8. The van der Waals surface area contributed by atoms with Crippen LogP contribution >= 0.6 is 0 Å². The van der Waals surface area contributed by atoms with Crippen molar-refractivity contribution < 1.29 is 19.4 Å². The van der Waals surface area contributed by atoms with E-state index in [9.17, 15) is 9.59 Å². The molecule has 0 atom stereocenters. The molecule has 6 nitrogen and oxygen atoms in total. The first-order valence-corrected chi connectivity index (χ1v) is 6.96. The van der Waals surface area contributed by atoms with Crippen molar-refractivity contribution in [3.05, 3.63) is 35.4 Å². The summed E-state index contributed by atoms with van der Waals surface area (Å²) in [5.74, 6) is -1.07. The van der Waals surface area contributed by atoms with Gasteiger partial charge in [-0.1, -0.05) is 12.1 Å². The predicted molar refractivity (Wildman–Crippen MR) is 76.8 cm³/mol. The molecule has 1 saturated heterocycles. The van der Waals surface area contributed by atoms with Gasteiger partial charge in [-0.3, -0.25) is 4.79 Å². The molecule has 1 aromatic carbocycles. The standard InChI is InChI=1S/C15H20N2O4/c16-10-15(4-6-21-7-5-15)14(20)17-9-11-2-1-3-12(8-11)13(18)19/h1-3,8H,4-7,9-10,16H2,(H,17,20)(H,18,19). The van der Waals surface area contributed by atoms with Crippen molar-refractivity contribution in [2.45, 2.75) is 19.4 Å². The highest BCUT2D eigenvalue weighted by Gasteiger charge is 2.38. The molecule has 4 N–H and O–H groups in total. The number of hydrogen-bond acceptors (Lipinski definition) is 4. The van der Waals surface area contributed by atoms with E-state index in [2.05, 4.69) is 5.32 Å². The number of carboxylic acids is 1. The number of nitrogens with one attached hydrogen (secondary N) is 1. The van der Waals surface area contributed by atoms with Crippen LogP contribution in [0.5, 0.6) is 0 Å². The van der Waals surface area contributed by atoms with Crippen LogP contribution < -0.4 is 11.1 Å². The maximum absolute atomic E-state index is 12.4. The highest BCUT2D eigenvalue weighted by atomic mass is 16.5. The Morgan fingerprint density at radius 3 is 2.67 bits per heavy atom. The summed E-state index contributed by atoms with van der Waals surface area (Å²) < 4.78 is 5.28. The Balaban J connectivity index is 2.00. The Bertz CT molecular complexity index is 524. The second kappa shape index (κ2) is 6.69. The van der Waals surface area contributed by atoms with Gasteiger partial charge in [0.05, 0.1) is 11.0 Å². The van der Waals surface area contributed by atoms with Gasteiger partial charge in [0.25, 0.3) is 0 Å². The summed E-state index contributed by atoms with van der Waals surface area (Å²) in [4.78, 5) is 23.3. The number of aromatic carboxylic acids is 1. The van der Waals surface area contributed by atoms with Gasteiger partial charge in [-0.25, -0.2) is 4.79 Å². The number of hydrogen-bond donors (Lipinski definition) is 3. The number of carboxylic acid groups (broad SMARTS) is 1. The average molecular weight is 292 g/mol. The largest absolute Gasteiger partial charge is 0.478 e. The first kappa shape index (κ1) is 15.5. The van der Waals surface area contributed by atoms with Crippen LogP contribution in [0.2, 0.25) is 0 Å². The van der Waals surface area contributed by atoms with Gasteiger partial charge in [0.15, 0.2) is 0 Å². The minimum absolute atomic E-state index is 0.0889. The fraction of sp³-hybridized carbons (Fsp3) is 0.467. The second-order valence-electron chi connectivity index (χ2n) is 5.29. The fourth-order valence-corrected chi connectivity index (χ4v) is 2.47. The van der Waals surface area contributed by atoms with E-state index in [1.54, 1.807) is 18.2 Å². The van der Waals surface area contributed by atoms with Gasteiger partial charge in [-0.2, -0.15) is 0 Å². The molecule has 114 valence electrons. The highest BCUT2D eigenvalue weighted by Crippen LogP contribution is 2.29. The second-order valence-corrected chi connectivity index (χ2v) is 5.29. The number of ether oxygens (including phenoxy) is 1. The SMILES string of the molecule is NCC1(C(=O)NCc2cccc(C(=O)O)c2)CCOCC1. The van der Waals surface area contributed by atoms with Crippen LogP contribution in [0.1, 0.15) is 28.8 Å². The molecular weight excluding hydrogens is 272 g/mol. The van der Waals surface area contributed by atoms with E-state index in [-0.39, 0.29) is 18.0 Å². The molecule has 6 heteroatoms. The Morgan fingerprint density at radius 1 is 1.33 bits per heavy atom. The van der Waals surface area contributed by atoms with Crippen molar-refractivity contribution >= 4 is 11.9 Å². The molecule has 1 aliphatic rings.